The zero-order chi connectivity index (χ0) is 19.6. The topological polar surface area (TPSA) is 86.8 Å². The summed E-state index contributed by atoms with van der Waals surface area (Å²) in [6.45, 7) is 2.00. The molecule has 0 atom stereocenters. The van der Waals surface area contributed by atoms with Gasteiger partial charge in [-0.15, -0.1) is 0 Å². The molecule has 2 aromatic carbocycles. The van der Waals surface area contributed by atoms with Crippen molar-refractivity contribution in [2.75, 3.05) is 37.1 Å². The highest BCUT2D eigenvalue weighted by Crippen LogP contribution is 2.35. The minimum atomic E-state index is -0.576. The maximum absolute atomic E-state index is 14.3. The van der Waals surface area contributed by atoms with Gasteiger partial charge in [0.05, 0.1) is 6.20 Å². The molecule has 29 heavy (non-hydrogen) atoms. The van der Waals surface area contributed by atoms with Crippen molar-refractivity contribution in [2.24, 2.45) is 0 Å². The molecule has 0 spiro atoms. The Labute approximate surface area is 165 Å². The maximum Gasteiger partial charge on any atom is 0.229 e. The van der Waals surface area contributed by atoms with Gasteiger partial charge in [-0.1, -0.05) is 0 Å². The zero-order valence-corrected chi connectivity index (χ0v) is 15.3. The number of nitrogens with zero attached hydrogens (tertiary/aromatic N) is 2. The second-order valence-corrected chi connectivity index (χ2v) is 6.36. The fourth-order valence-electron chi connectivity index (χ4n) is 3.02. The van der Waals surface area contributed by atoms with E-state index in [1.165, 1.54) is 0 Å². The number of anilines is 4. The molecular weight excluding hydrogens is 379 g/mol. The third kappa shape index (κ3) is 3.66. The van der Waals surface area contributed by atoms with Crippen LogP contribution in [0.5, 0.6) is 23.0 Å². The minimum absolute atomic E-state index is 0.0386. The predicted octanol–water partition coefficient (Wildman–Crippen LogP) is 3.65. The van der Waals surface area contributed by atoms with Gasteiger partial charge in [0, 0.05) is 23.5 Å². The van der Waals surface area contributed by atoms with Crippen molar-refractivity contribution in [3.63, 3.8) is 0 Å². The molecule has 0 saturated carbocycles. The number of aromatic nitrogens is 2. The minimum Gasteiger partial charge on any atom is -0.486 e. The Morgan fingerprint density at radius 3 is 1.90 bits per heavy atom. The van der Waals surface area contributed by atoms with E-state index < -0.39 is 5.82 Å². The van der Waals surface area contributed by atoms with Gasteiger partial charge in [-0.25, -0.2) is 9.37 Å². The van der Waals surface area contributed by atoms with Gasteiger partial charge in [-0.05, 0) is 24.3 Å². The van der Waals surface area contributed by atoms with Crippen LogP contribution in [0.2, 0.25) is 0 Å². The lowest BCUT2D eigenvalue weighted by molar-refractivity contribution is 0.171. The van der Waals surface area contributed by atoms with Gasteiger partial charge in [-0.2, -0.15) is 4.98 Å². The van der Waals surface area contributed by atoms with Crippen molar-refractivity contribution in [3.8, 4) is 23.0 Å². The van der Waals surface area contributed by atoms with Crippen LogP contribution < -0.4 is 29.6 Å². The first-order chi connectivity index (χ1) is 14.2. The van der Waals surface area contributed by atoms with Crippen LogP contribution in [0.4, 0.5) is 27.5 Å². The second kappa shape index (κ2) is 7.34. The van der Waals surface area contributed by atoms with Crippen molar-refractivity contribution in [2.45, 2.75) is 0 Å². The summed E-state index contributed by atoms with van der Waals surface area (Å²) in [7, 11) is 0. The first kappa shape index (κ1) is 17.4. The summed E-state index contributed by atoms with van der Waals surface area (Å²) in [5.74, 6) is 2.28. The van der Waals surface area contributed by atoms with Gasteiger partial charge >= 0.3 is 0 Å². The number of ether oxygens (including phenoxy) is 4. The quantitative estimate of drug-likeness (QED) is 0.691. The summed E-state index contributed by atoms with van der Waals surface area (Å²) in [6, 6.07) is 10.7. The highest BCUT2D eigenvalue weighted by Gasteiger charge is 2.15. The standard InChI is InChI=1S/C20H17FN4O4/c21-14-11-22-20(24-13-2-4-16-18(10-13)29-8-6-27-16)25-19(14)23-12-1-3-15-17(9-12)28-7-5-26-15/h1-4,9-11H,5-8H2,(H2,22,23,24,25). The van der Waals surface area contributed by atoms with E-state index in [0.717, 1.165) is 6.20 Å². The molecular formula is C20H17FN4O4. The molecule has 3 heterocycles. The van der Waals surface area contributed by atoms with Gasteiger partial charge in [0.15, 0.2) is 34.6 Å². The molecule has 148 valence electrons. The second-order valence-electron chi connectivity index (χ2n) is 6.36. The van der Waals surface area contributed by atoms with E-state index in [0.29, 0.717) is 60.8 Å². The molecule has 0 unspecified atom stereocenters. The SMILES string of the molecule is Fc1cnc(Nc2ccc3c(c2)OCCO3)nc1Nc1ccc2c(c1)OCCO2. The summed E-state index contributed by atoms with van der Waals surface area (Å²) in [5, 5.41) is 6.00. The van der Waals surface area contributed by atoms with Crippen LogP contribution >= 0.6 is 0 Å². The van der Waals surface area contributed by atoms with Crippen molar-refractivity contribution in [1.29, 1.82) is 0 Å². The van der Waals surface area contributed by atoms with Gasteiger partial charge in [0.1, 0.15) is 26.4 Å². The number of fused-ring (bicyclic) bond motifs is 2. The summed E-state index contributed by atoms with van der Waals surface area (Å²) in [5.41, 5.74) is 1.32. The Hall–Kier alpha value is -3.75. The largest absolute Gasteiger partial charge is 0.486 e. The normalized spacial score (nSPS) is 14.2. The van der Waals surface area contributed by atoms with Gasteiger partial charge in [-0.3, -0.25) is 0 Å². The van der Waals surface area contributed by atoms with Crippen LogP contribution in [-0.2, 0) is 0 Å². The molecule has 2 aliphatic rings. The predicted molar refractivity (Wildman–Crippen MR) is 103 cm³/mol. The zero-order valence-electron chi connectivity index (χ0n) is 15.3. The molecule has 9 heteroatoms. The van der Waals surface area contributed by atoms with Crippen molar-refractivity contribution >= 4 is 23.1 Å². The molecule has 0 aliphatic carbocycles. The molecule has 5 rings (SSSR count). The molecule has 0 bridgehead atoms. The molecule has 2 N–H and O–H groups in total. The Morgan fingerprint density at radius 2 is 1.28 bits per heavy atom. The number of hydrogen-bond acceptors (Lipinski definition) is 8. The first-order valence-electron chi connectivity index (χ1n) is 9.10. The van der Waals surface area contributed by atoms with E-state index in [2.05, 4.69) is 20.6 Å². The van der Waals surface area contributed by atoms with E-state index in [-0.39, 0.29) is 11.8 Å². The van der Waals surface area contributed by atoms with E-state index in [9.17, 15) is 4.39 Å². The van der Waals surface area contributed by atoms with E-state index in [1.54, 1.807) is 30.3 Å². The molecule has 0 fully saturated rings. The van der Waals surface area contributed by atoms with Crippen molar-refractivity contribution < 1.29 is 23.3 Å². The Bertz CT molecular complexity index is 1060. The lowest BCUT2D eigenvalue weighted by Crippen LogP contribution is -2.15. The van der Waals surface area contributed by atoms with Gasteiger partial charge in [0.25, 0.3) is 0 Å². The number of rotatable bonds is 4. The van der Waals surface area contributed by atoms with Crippen LogP contribution in [-0.4, -0.2) is 36.4 Å². The summed E-state index contributed by atoms with van der Waals surface area (Å²) in [6.07, 6.45) is 1.10. The van der Waals surface area contributed by atoms with E-state index in [1.807, 2.05) is 6.07 Å². The lowest BCUT2D eigenvalue weighted by atomic mass is 10.2. The smallest absolute Gasteiger partial charge is 0.229 e. The molecule has 8 nitrogen and oxygen atoms in total. The number of benzene rings is 2. The highest BCUT2D eigenvalue weighted by molar-refractivity contribution is 5.64. The van der Waals surface area contributed by atoms with Crippen molar-refractivity contribution in [1.82, 2.24) is 9.97 Å². The summed E-state index contributed by atoms with van der Waals surface area (Å²) in [4.78, 5) is 8.24. The number of halogens is 1. The maximum atomic E-state index is 14.3. The van der Waals surface area contributed by atoms with Crippen LogP contribution in [0.3, 0.4) is 0 Å². The molecule has 2 aliphatic heterocycles. The number of hydrogen-bond donors (Lipinski definition) is 2. The van der Waals surface area contributed by atoms with Gasteiger partial charge in [0.2, 0.25) is 5.95 Å². The number of nitrogens with one attached hydrogen (secondary N) is 2. The third-order valence-corrected chi connectivity index (χ3v) is 4.35. The molecule has 0 amide bonds. The van der Waals surface area contributed by atoms with Crippen LogP contribution in [0.15, 0.2) is 42.6 Å². The van der Waals surface area contributed by atoms with E-state index in [4.69, 9.17) is 18.9 Å². The Kier molecular flexibility index (Phi) is 4.39. The van der Waals surface area contributed by atoms with E-state index >= 15 is 0 Å². The average Bonchev–Trinajstić information content (AvgIpc) is 2.76. The molecule has 1 aromatic heterocycles. The Morgan fingerprint density at radius 1 is 0.724 bits per heavy atom. The van der Waals surface area contributed by atoms with Crippen LogP contribution in [0.25, 0.3) is 0 Å². The summed E-state index contributed by atoms with van der Waals surface area (Å²) < 4.78 is 36.4. The molecule has 0 saturated heterocycles. The fraction of sp³-hybridized carbons (Fsp3) is 0.200. The third-order valence-electron chi connectivity index (χ3n) is 4.35. The molecule has 3 aromatic rings. The van der Waals surface area contributed by atoms with Crippen LogP contribution in [0.1, 0.15) is 0 Å². The lowest BCUT2D eigenvalue weighted by Gasteiger charge is -2.19. The van der Waals surface area contributed by atoms with Gasteiger partial charge < -0.3 is 29.6 Å². The van der Waals surface area contributed by atoms with Crippen molar-refractivity contribution in [3.05, 3.63) is 48.4 Å². The van der Waals surface area contributed by atoms with Crippen LogP contribution in [0, 0.1) is 5.82 Å². The monoisotopic (exact) mass is 396 g/mol. The average molecular weight is 396 g/mol. The highest BCUT2D eigenvalue weighted by atomic mass is 19.1. The Balaban J connectivity index is 1.36. The molecule has 0 radical (unpaired) electrons. The summed E-state index contributed by atoms with van der Waals surface area (Å²) >= 11 is 0. The first-order valence-corrected chi connectivity index (χ1v) is 9.10. The fourth-order valence-corrected chi connectivity index (χ4v) is 3.02.